The fourth-order valence-corrected chi connectivity index (χ4v) is 3.01. The normalized spacial score (nSPS) is 10.4. The average Bonchev–Trinajstić information content (AvgIpc) is 3.12. The van der Waals surface area contributed by atoms with E-state index in [-0.39, 0.29) is 5.56 Å². The maximum Gasteiger partial charge on any atom is 0.411 e. The van der Waals surface area contributed by atoms with Gasteiger partial charge in [-0.3, -0.25) is 10.1 Å². The molecule has 0 radical (unpaired) electrons. The summed E-state index contributed by atoms with van der Waals surface area (Å²) in [5.74, 6) is 0. The largest absolute Gasteiger partial charge is 0.450 e. The van der Waals surface area contributed by atoms with E-state index in [1.807, 2.05) is 29.6 Å². The van der Waals surface area contributed by atoms with E-state index in [9.17, 15) is 9.59 Å². The Morgan fingerprint density at radius 2 is 2.12 bits per heavy atom. The fraction of sp³-hybridized carbons (Fsp3) is 0.167. The predicted octanol–water partition coefficient (Wildman–Crippen LogP) is 3.59. The van der Waals surface area contributed by atoms with Gasteiger partial charge in [0, 0.05) is 11.8 Å². The van der Waals surface area contributed by atoms with E-state index in [0.717, 1.165) is 16.1 Å². The van der Waals surface area contributed by atoms with Gasteiger partial charge in [-0.05, 0) is 42.1 Å². The van der Waals surface area contributed by atoms with Crippen LogP contribution in [0.1, 0.15) is 12.5 Å². The van der Waals surface area contributed by atoms with Gasteiger partial charge in [0.05, 0.1) is 18.0 Å². The van der Waals surface area contributed by atoms with E-state index in [1.54, 1.807) is 36.5 Å². The zero-order valence-electron chi connectivity index (χ0n) is 13.6. The predicted molar refractivity (Wildman–Crippen MR) is 98.0 cm³/mol. The van der Waals surface area contributed by atoms with Gasteiger partial charge in [0.1, 0.15) is 5.69 Å². The number of aromatic nitrogens is 2. The standard InChI is InChI=1S/C18H17N3O3S/c1-2-24-18(23)19-14-6-3-5-13(11-14)12-21-17(22)9-8-15(20-21)16-7-4-10-25-16/h3-11H,2,12H2,1H3,(H,19,23). The molecule has 1 amide bonds. The molecule has 0 spiro atoms. The molecule has 0 unspecified atom stereocenters. The second-order valence-corrected chi connectivity index (χ2v) is 6.19. The van der Waals surface area contributed by atoms with Crippen molar-refractivity contribution in [3.8, 4) is 10.6 Å². The molecule has 1 N–H and O–H groups in total. The molecule has 3 rings (SSSR count). The second-order valence-electron chi connectivity index (χ2n) is 5.24. The highest BCUT2D eigenvalue weighted by atomic mass is 32.1. The van der Waals surface area contributed by atoms with Gasteiger partial charge in [-0.15, -0.1) is 11.3 Å². The number of rotatable bonds is 5. The van der Waals surface area contributed by atoms with Crippen molar-refractivity contribution in [2.45, 2.75) is 13.5 Å². The number of hydrogen-bond acceptors (Lipinski definition) is 5. The molecule has 0 aliphatic carbocycles. The van der Waals surface area contributed by atoms with Crippen LogP contribution in [-0.4, -0.2) is 22.5 Å². The van der Waals surface area contributed by atoms with Crippen LogP contribution < -0.4 is 10.9 Å². The molecule has 0 bridgehead atoms. The van der Waals surface area contributed by atoms with E-state index < -0.39 is 6.09 Å². The van der Waals surface area contributed by atoms with Crippen LogP contribution in [-0.2, 0) is 11.3 Å². The molecule has 128 valence electrons. The van der Waals surface area contributed by atoms with E-state index in [0.29, 0.717) is 18.8 Å². The molecule has 7 heteroatoms. The lowest BCUT2D eigenvalue weighted by Crippen LogP contribution is -2.22. The number of anilines is 1. The number of ether oxygens (including phenoxy) is 1. The summed E-state index contributed by atoms with van der Waals surface area (Å²) < 4.78 is 6.28. The van der Waals surface area contributed by atoms with Crippen LogP contribution in [0, 0.1) is 0 Å². The minimum Gasteiger partial charge on any atom is -0.450 e. The van der Waals surface area contributed by atoms with Gasteiger partial charge < -0.3 is 4.74 Å². The molecular weight excluding hydrogens is 338 g/mol. The minimum atomic E-state index is -0.505. The maximum atomic E-state index is 12.1. The first-order valence-corrected chi connectivity index (χ1v) is 8.68. The first-order valence-electron chi connectivity index (χ1n) is 7.80. The molecule has 0 fully saturated rings. The highest BCUT2D eigenvalue weighted by Gasteiger charge is 2.07. The number of carbonyl (C=O) groups is 1. The summed E-state index contributed by atoms with van der Waals surface area (Å²) in [6.07, 6.45) is -0.505. The van der Waals surface area contributed by atoms with E-state index >= 15 is 0 Å². The minimum absolute atomic E-state index is 0.177. The van der Waals surface area contributed by atoms with Crippen LogP contribution in [0.5, 0.6) is 0 Å². The summed E-state index contributed by atoms with van der Waals surface area (Å²) in [4.78, 5) is 24.6. The third-order valence-corrected chi connectivity index (χ3v) is 4.31. The number of hydrogen-bond donors (Lipinski definition) is 1. The summed E-state index contributed by atoms with van der Waals surface area (Å²) in [6.45, 7) is 2.37. The Hall–Kier alpha value is -2.93. The van der Waals surface area contributed by atoms with E-state index in [4.69, 9.17) is 4.74 Å². The Labute approximate surface area is 148 Å². The first-order chi connectivity index (χ1) is 12.2. The molecule has 0 atom stereocenters. The Kier molecular flexibility index (Phi) is 5.25. The molecular formula is C18H17N3O3S. The summed E-state index contributed by atoms with van der Waals surface area (Å²) in [5, 5.41) is 9.05. The highest BCUT2D eigenvalue weighted by molar-refractivity contribution is 7.13. The Morgan fingerprint density at radius 1 is 1.24 bits per heavy atom. The first kappa shape index (κ1) is 16.9. The van der Waals surface area contributed by atoms with Gasteiger partial charge in [-0.1, -0.05) is 18.2 Å². The van der Waals surface area contributed by atoms with Gasteiger partial charge >= 0.3 is 6.09 Å². The van der Waals surface area contributed by atoms with Gasteiger partial charge in [0.2, 0.25) is 0 Å². The van der Waals surface area contributed by atoms with Crippen LogP contribution in [0.25, 0.3) is 10.6 Å². The van der Waals surface area contributed by atoms with Gasteiger partial charge in [-0.2, -0.15) is 5.10 Å². The number of thiophene rings is 1. The van der Waals surface area contributed by atoms with Crippen molar-refractivity contribution < 1.29 is 9.53 Å². The fourth-order valence-electron chi connectivity index (χ4n) is 2.32. The van der Waals surface area contributed by atoms with Crippen LogP contribution in [0.3, 0.4) is 0 Å². The molecule has 0 aliphatic heterocycles. The Morgan fingerprint density at radius 3 is 2.88 bits per heavy atom. The topological polar surface area (TPSA) is 73.2 Å². The van der Waals surface area contributed by atoms with Crippen molar-refractivity contribution in [1.29, 1.82) is 0 Å². The van der Waals surface area contributed by atoms with Crippen LogP contribution in [0.4, 0.5) is 10.5 Å². The second kappa shape index (κ2) is 7.76. The molecule has 0 saturated carbocycles. The van der Waals surface area contributed by atoms with E-state index in [2.05, 4.69) is 10.4 Å². The number of amides is 1. The summed E-state index contributed by atoms with van der Waals surface area (Å²) in [7, 11) is 0. The van der Waals surface area contributed by atoms with Crippen LogP contribution in [0.15, 0.2) is 58.7 Å². The van der Waals surface area contributed by atoms with Crippen molar-refractivity contribution in [3.63, 3.8) is 0 Å². The van der Waals surface area contributed by atoms with Gasteiger partial charge in [-0.25, -0.2) is 9.48 Å². The molecule has 1 aromatic carbocycles. The Bertz CT molecular complexity index is 919. The number of benzene rings is 1. The monoisotopic (exact) mass is 355 g/mol. The SMILES string of the molecule is CCOC(=O)Nc1cccc(Cn2nc(-c3cccs3)ccc2=O)c1. The smallest absolute Gasteiger partial charge is 0.411 e. The average molecular weight is 355 g/mol. The zero-order valence-corrected chi connectivity index (χ0v) is 14.5. The molecule has 2 aromatic heterocycles. The lowest BCUT2D eigenvalue weighted by Gasteiger charge is -2.09. The lowest BCUT2D eigenvalue weighted by molar-refractivity contribution is 0.168. The van der Waals surface area contributed by atoms with Crippen molar-refractivity contribution in [2.75, 3.05) is 11.9 Å². The number of nitrogens with zero attached hydrogens (tertiary/aromatic N) is 2. The Balaban J connectivity index is 1.81. The van der Waals surface area contributed by atoms with Crippen LogP contribution >= 0.6 is 11.3 Å². The highest BCUT2D eigenvalue weighted by Crippen LogP contribution is 2.21. The van der Waals surface area contributed by atoms with Crippen molar-refractivity contribution in [3.05, 3.63) is 69.8 Å². The van der Waals surface area contributed by atoms with Crippen molar-refractivity contribution in [1.82, 2.24) is 9.78 Å². The third kappa shape index (κ3) is 4.33. The third-order valence-electron chi connectivity index (χ3n) is 3.42. The van der Waals surface area contributed by atoms with Crippen LogP contribution in [0.2, 0.25) is 0 Å². The quantitative estimate of drug-likeness (QED) is 0.759. The number of carbonyl (C=O) groups excluding carboxylic acids is 1. The van der Waals surface area contributed by atoms with Crippen molar-refractivity contribution in [2.24, 2.45) is 0 Å². The molecule has 0 saturated heterocycles. The molecule has 0 aliphatic rings. The molecule has 2 heterocycles. The lowest BCUT2D eigenvalue weighted by atomic mass is 10.2. The molecule has 3 aromatic rings. The van der Waals surface area contributed by atoms with E-state index in [1.165, 1.54) is 10.7 Å². The summed E-state index contributed by atoms with van der Waals surface area (Å²) >= 11 is 1.57. The molecule has 25 heavy (non-hydrogen) atoms. The summed E-state index contributed by atoms with van der Waals surface area (Å²) in [6, 6.07) is 14.4. The van der Waals surface area contributed by atoms with Crippen molar-refractivity contribution >= 4 is 23.1 Å². The zero-order chi connectivity index (χ0) is 17.6. The maximum absolute atomic E-state index is 12.1. The number of nitrogens with one attached hydrogen (secondary N) is 1. The molecule has 6 nitrogen and oxygen atoms in total. The summed E-state index contributed by atoms with van der Waals surface area (Å²) in [5.41, 5.74) is 2.05. The van der Waals surface area contributed by atoms with Gasteiger partial charge in [0.15, 0.2) is 0 Å². The van der Waals surface area contributed by atoms with Gasteiger partial charge in [0.25, 0.3) is 5.56 Å².